The highest BCUT2D eigenvalue weighted by Crippen LogP contribution is 2.23. The van der Waals surface area contributed by atoms with E-state index in [1.54, 1.807) is 12.1 Å². The number of rotatable bonds is 4. The van der Waals surface area contributed by atoms with Crippen molar-refractivity contribution in [1.29, 1.82) is 0 Å². The van der Waals surface area contributed by atoms with Crippen molar-refractivity contribution in [3.63, 3.8) is 0 Å². The van der Waals surface area contributed by atoms with Crippen LogP contribution in [-0.4, -0.2) is 15.0 Å². The summed E-state index contributed by atoms with van der Waals surface area (Å²) in [5.41, 5.74) is 1.09. The van der Waals surface area contributed by atoms with E-state index in [-0.39, 0.29) is 16.9 Å². The van der Waals surface area contributed by atoms with E-state index in [0.29, 0.717) is 0 Å². The maximum absolute atomic E-state index is 11.7. The Morgan fingerprint density at radius 1 is 1.24 bits per heavy atom. The van der Waals surface area contributed by atoms with Gasteiger partial charge in [-0.1, -0.05) is 39.0 Å². The molecule has 0 unspecified atom stereocenters. The van der Waals surface area contributed by atoms with Crippen molar-refractivity contribution in [2.24, 2.45) is 0 Å². The van der Waals surface area contributed by atoms with Crippen LogP contribution in [0.4, 0.5) is 0 Å². The second-order valence-electron chi connectivity index (χ2n) is 4.80. The lowest BCUT2D eigenvalue weighted by molar-refractivity contribution is 0.357. The van der Waals surface area contributed by atoms with Gasteiger partial charge in [0.25, 0.3) is 10.1 Å². The van der Waals surface area contributed by atoms with E-state index in [1.165, 1.54) is 6.08 Å². The lowest BCUT2D eigenvalue weighted by Crippen LogP contribution is -2.12. The topological polar surface area (TPSA) is 43.4 Å². The van der Waals surface area contributed by atoms with E-state index in [2.05, 4.69) is 27.4 Å². The van der Waals surface area contributed by atoms with Crippen molar-refractivity contribution in [1.82, 2.24) is 0 Å². The Labute approximate surface area is 103 Å². The van der Waals surface area contributed by atoms with Crippen LogP contribution in [0.2, 0.25) is 0 Å². The molecule has 1 aromatic rings. The molecule has 94 valence electrons. The van der Waals surface area contributed by atoms with Crippen LogP contribution in [0, 0.1) is 0 Å². The van der Waals surface area contributed by atoms with Crippen LogP contribution in [0.3, 0.4) is 0 Å². The summed E-state index contributed by atoms with van der Waals surface area (Å²) in [5.74, 6) is 0. The molecule has 3 nitrogen and oxygen atoms in total. The van der Waals surface area contributed by atoms with Crippen LogP contribution in [-0.2, 0) is 19.7 Å². The Balaban J connectivity index is 2.99. The Hall–Kier alpha value is -1.13. The Morgan fingerprint density at radius 2 is 1.76 bits per heavy atom. The van der Waals surface area contributed by atoms with Crippen LogP contribution in [0.15, 0.2) is 41.8 Å². The summed E-state index contributed by atoms with van der Waals surface area (Å²) in [4.78, 5) is 0.173. The van der Waals surface area contributed by atoms with Crippen LogP contribution >= 0.6 is 0 Å². The highest BCUT2D eigenvalue weighted by Gasteiger charge is 2.17. The zero-order valence-corrected chi connectivity index (χ0v) is 11.3. The average Bonchev–Trinajstić information content (AvgIpc) is 2.25. The SMILES string of the molecule is C=CCOS(=O)(=O)c1ccc(C(C)(C)C)cc1. The van der Waals surface area contributed by atoms with Crippen molar-refractivity contribution >= 4 is 10.1 Å². The molecule has 0 N–H and O–H groups in total. The second-order valence-corrected chi connectivity index (χ2v) is 6.42. The Morgan fingerprint density at radius 3 is 2.18 bits per heavy atom. The van der Waals surface area contributed by atoms with Gasteiger partial charge in [0.2, 0.25) is 0 Å². The maximum atomic E-state index is 11.7. The van der Waals surface area contributed by atoms with Crippen molar-refractivity contribution in [2.45, 2.75) is 31.1 Å². The van der Waals surface area contributed by atoms with E-state index in [1.807, 2.05) is 12.1 Å². The maximum Gasteiger partial charge on any atom is 0.297 e. The highest BCUT2D eigenvalue weighted by molar-refractivity contribution is 7.86. The molecule has 1 aromatic carbocycles. The largest absolute Gasteiger partial charge is 0.297 e. The van der Waals surface area contributed by atoms with Gasteiger partial charge in [0.15, 0.2) is 0 Å². The van der Waals surface area contributed by atoms with E-state index in [4.69, 9.17) is 4.18 Å². The molecule has 0 amide bonds. The van der Waals surface area contributed by atoms with Crippen LogP contribution in [0.1, 0.15) is 26.3 Å². The zero-order chi connectivity index (χ0) is 13.1. The third kappa shape index (κ3) is 3.68. The summed E-state index contributed by atoms with van der Waals surface area (Å²) in [6.45, 7) is 9.63. The predicted molar refractivity (Wildman–Crippen MR) is 68.5 cm³/mol. The predicted octanol–water partition coefficient (Wildman–Crippen LogP) is 2.88. The van der Waals surface area contributed by atoms with Crippen LogP contribution in [0.5, 0.6) is 0 Å². The molecule has 0 aliphatic carbocycles. The summed E-state index contributed by atoms with van der Waals surface area (Å²) in [7, 11) is -3.66. The molecule has 0 aliphatic rings. The standard InChI is InChI=1S/C13H18O3S/c1-5-10-16-17(14,15)12-8-6-11(7-9-12)13(2,3)4/h5-9H,1,10H2,2-4H3. The molecule has 0 atom stereocenters. The highest BCUT2D eigenvalue weighted by atomic mass is 32.2. The third-order valence-corrected chi connectivity index (χ3v) is 3.65. The summed E-state index contributed by atoms with van der Waals surface area (Å²) in [6.07, 6.45) is 1.40. The van der Waals surface area contributed by atoms with Gasteiger partial charge in [-0.15, -0.1) is 6.58 Å². The van der Waals surface area contributed by atoms with E-state index < -0.39 is 10.1 Å². The molecular weight excluding hydrogens is 236 g/mol. The molecule has 0 aliphatic heterocycles. The van der Waals surface area contributed by atoms with Crippen molar-refractivity contribution < 1.29 is 12.6 Å². The molecule has 0 bridgehead atoms. The van der Waals surface area contributed by atoms with Gasteiger partial charge in [-0.25, -0.2) is 0 Å². The van der Waals surface area contributed by atoms with Gasteiger partial charge < -0.3 is 0 Å². The molecule has 0 aromatic heterocycles. The summed E-state index contributed by atoms with van der Waals surface area (Å²) in [5, 5.41) is 0. The average molecular weight is 254 g/mol. The first kappa shape index (κ1) is 13.9. The van der Waals surface area contributed by atoms with Crippen LogP contribution in [0.25, 0.3) is 0 Å². The van der Waals surface area contributed by atoms with Gasteiger partial charge >= 0.3 is 0 Å². The number of hydrogen-bond donors (Lipinski definition) is 0. The van der Waals surface area contributed by atoms with Gasteiger partial charge in [-0.2, -0.15) is 8.42 Å². The van der Waals surface area contributed by atoms with Crippen molar-refractivity contribution in [3.8, 4) is 0 Å². The van der Waals surface area contributed by atoms with E-state index in [0.717, 1.165) is 5.56 Å². The fraction of sp³-hybridized carbons (Fsp3) is 0.385. The van der Waals surface area contributed by atoms with Gasteiger partial charge in [0, 0.05) is 0 Å². The molecule has 0 heterocycles. The third-order valence-electron chi connectivity index (χ3n) is 2.35. The first-order chi connectivity index (χ1) is 7.77. The van der Waals surface area contributed by atoms with Gasteiger partial charge in [-0.3, -0.25) is 4.18 Å². The molecule has 4 heteroatoms. The van der Waals surface area contributed by atoms with Crippen molar-refractivity contribution in [2.75, 3.05) is 6.61 Å². The van der Waals surface area contributed by atoms with Crippen molar-refractivity contribution in [3.05, 3.63) is 42.5 Å². The minimum absolute atomic E-state index is 0.00423. The van der Waals surface area contributed by atoms with E-state index in [9.17, 15) is 8.42 Å². The summed E-state index contributed by atoms with van der Waals surface area (Å²) >= 11 is 0. The zero-order valence-electron chi connectivity index (χ0n) is 10.4. The first-order valence-electron chi connectivity index (χ1n) is 5.38. The van der Waals surface area contributed by atoms with Gasteiger partial charge in [-0.05, 0) is 23.1 Å². The second kappa shape index (κ2) is 5.02. The summed E-state index contributed by atoms with van der Waals surface area (Å²) < 4.78 is 28.1. The minimum atomic E-state index is -3.66. The molecular formula is C13H18O3S. The van der Waals surface area contributed by atoms with E-state index >= 15 is 0 Å². The lowest BCUT2D eigenvalue weighted by atomic mass is 9.87. The van der Waals surface area contributed by atoms with Gasteiger partial charge in [0.05, 0.1) is 11.5 Å². The lowest BCUT2D eigenvalue weighted by Gasteiger charge is -2.19. The molecule has 0 fully saturated rings. The van der Waals surface area contributed by atoms with Crippen LogP contribution < -0.4 is 0 Å². The Kier molecular flexibility index (Phi) is 4.11. The molecule has 1 rings (SSSR count). The molecule has 0 saturated heterocycles. The Bertz CT molecular complexity index is 478. The quantitative estimate of drug-likeness (QED) is 0.613. The minimum Gasteiger partial charge on any atom is -0.262 e. The molecule has 0 spiro atoms. The normalized spacial score (nSPS) is 12.4. The molecule has 17 heavy (non-hydrogen) atoms. The fourth-order valence-corrected chi connectivity index (χ4v) is 2.21. The fourth-order valence-electron chi connectivity index (χ4n) is 1.33. The monoisotopic (exact) mass is 254 g/mol. The molecule has 0 saturated carbocycles. The number of hydrogen-bond acceptors (Lipinski definition) is 3. The van der Waals surface area contributed by atoms with Gasteiger partial charge in [0.1, 0.15) is 0 Å². The smallest absolute Gasteiger partial charge is 0.262 e. The molecule has 0 radical (unpaired) electrons. The summed E-state index contributed by atoms with van der Waals surface area (Å²) in [6, 6.07) is 6.76. The first-order valence-corrected chi connectivity index (χ1v) is 6.79. The number of benzene rings is 1.